The Kier molecular flexibility index (Phi) is 3.24. The van der Waals surface area contributed by atoms with Gasteiger partial charge in [-0.2, -0.15) is 5.10 Å². The largest absolute Gasteiger partial charge is 0.393 e. The number of aryl methyl sites for hydroxylation is 1. The number of aliphatic hydroxyl groups is 1. The lowest BCUT2D eigenvalue weighted by Gasteiger charge is -2.38. The van der Waals surface area contributed by atoms with Crippen molar-refractivity contribution in [1.82, 2.24) is 15.1 Å². The highest BCUT2D eigenvalue weighted by Crippen LogP contribution is 2.47. The SMILES string of the molecule is Cn1cc([C@@H](NC(=O)C2(C(N)=O)CC2)C2CC(O)C2)cn1. The van der Waals surface area contributed by atoms with Crippen molar-refractivity contribution < 1.29 is 14.7 Å². The lowest BCUT2D eigenvalue weighted by Crippen LogP contribution is -2.46. The fourth-order valence-corrected chi connectivity index (χ4v) is 2.97. The van der Waals surface area contributed by atoms with E-state index in [1.807, 2.05) is 13.2 Å². The molecule has 2 fully saturated rings. The summed E-state index contributed by atoms with van der Waals surface area (Å²) in [5.41, 5.74) is 5.21. The molecule has 0 aliphatic heterocycles. The van der Waals surface area contributed by atoms with Gasteiger partial charge < -0.3 is 16.2 Å². The predicted molar refractivity (Wildman–Crippen MR) is 73.7 cm³/mol. The molecule has 3 rings (SSSR count). The van der Waals surface area contributed by atoms with E-state index in [1.165, 1.54) is 0 Å². The Morgan fingerprint density at radius 2 is 2.19 bits per heavy atom. The minimum absolute atomic E-state index is 0.164. The molecule has 0 aromatic carbocycles. The second-order valence-corrected chi connectivity index (χ2v) is 6.23. The van der Waals surface area contributed by atoms with Gasteiger partial charge in [-0.1, -0.05) is 0 Å². The Labute approximate surface area is 122 Å². The summed E-state index contributed by atoms with van der Waals surface area (Å²) in [6, 6.07) is -0.230. The van der Waals surface area contributed by atoms with Crippen LogP contribution in [-0.4, -0.2) is 32.8 Å². The van der Waals surface area contributed by atoms with Crippen LogP contribution in [0.25, 0.3) is 0 Å². The van der Waals surface area contributed by atoms with E-state index in [4.69, 9.17) is 5.73 Å². The monoisotopic (exact) mass is 292 g/mol. The first-order valence-electron chi connectivity index (χ1n) is 7.20. The van der Waals surface area contributed by atoms with Gasteiger partial charge in [-0.05, 0) is 31.6 Å². The Hall–Kier alpha value is -1.89. The van der Waals surface area contributed by atoms with E-state index in [0.29, 0.717) is 25.7 Å². The zero-order valence-electron chi connectivity index (χ0n) is 12.0. The molecule has 4 N–H and O–H groups in total. The number of carbonyl (C=O) groups excluding carboxylic acids is 2. The van der Waals surface area contributed by atoms with Crippen molar-refractivity contribution in [1.29, 1.82) is 0 Å². The molecule has 2 aliphatic carbocycles. The molecule has 114 valence electrons. The smallest absolute Gasteiger partial charge is 0.236 e. The molecule has 2 saturated carbocycles. The van der Waals surface area contributed by atoms with Crippen molar-refractivity contribution in [2.75, 3.05) is 0 Å². The van der Waals surface area contributed by atoms with Crippen LogP contribution in [0.3, 0.4) is 0 Å². The van der Waals surface area contributed by atoms with Crippen molar-refractivity contribution in [3.8, 4) is 0 Å². The van der Waals surface area contributed by atoms with Gasteiger partial charge in [0.2, 0.25) is 11.8 Å². The zero-order chi connectivity index (χ0) is 15.2. The van der Waals surface area contributed by atoms with Gasteiger partial charge in [0.1, 0.15) is 5.41 Å². The highest BCUT2D eigenvalue weighted by molar-refractivity contribution is 6.07. The summed E-state index contributed by atoms with van der Waals surface area (Å²) in [6.45, 7) is 0. The number of hydrogen-bond acceptors (Lipinski definition) is 4. The van der Waals surface area contributed by atoms with Gasteiger partial charge in [0.25, 0.3) is 0 Å². The van der Waals surface area contributed by atoms with Crippen LogP contribution in [0.4, 0.5) is 0 Å². The Morgan fingerprint density at radius 1 is 1.52 bits per heavy atom. The fourth-order valence-electron chi connectivity index (χ4n) is 2.97. The summed E-state index contributed by atoms with van der Waals surface area (Å²) < 4.78 is 1.67. The third kappa shape index (κ3) is 2.42. The highest BCUT2D eigenvalue weighted by atomic mass is 16.3. The molecule has 0 radical (unpaired) electrons. The van der Waals surface area contributed by atoms with Gasteiger partial charge in [-0.25, -0.2) is 0 Å². The Morgan fingerprint density at radius 3 is 2.62 bits per heavy atom. The number of aliphatic hydroxyl groups excluding tert-OH is 1. The third-order valence-corrected chi connectivity index (χ3v) is 4.65. The molecule has 21 heavy (non-hydrogen) atoms. The number of aromatic nitrogens is 2. The number of amides is 2. The lowest BCUT2D eigenvalue weighted by atomic mass is 9.75. The Bertz CT molecular complexity index is 573. The molecule has 1 heterocycles. The average molecular weight is 292 g/mol. The van der Waals surface area contributed by atoms with Crippen molar-refractivity contribution in [2.24, 2.45) is 24.1 Å². The molecule has 0 unspecified atom stereocenters. The minimum atomic E-state index is -1.02. The normalized spacial score (nSPS) is 27.5. The molecule has 7 nitrogen and oxygen atoms in total. The fraction of sp³-hybridized carbons (Fsp3) is 0.643. The van der Waals surface area contributed by atoms with E-state index >= 15 is 0 Å². The van der Waals surface area contributed by atoms with E-state index in [2.05, 4.69) is 10.4 Å². The third-order valence-electron chi connectivity index (χ3n) is 4.65. The van der Waals surface area contributed by atoms with Crippen molar-refractivity contribution in [3.63, 3.8) is 0 Å². The van der Waals surface area contributed by atoms with Crippen LogP contribution in [0.2, 0.25) is 0 Å². The number of primary amides is 1. The first-order valence-corrected chi connectivity index (χ1v) is 7.20. The van der Waals surface area contributed by atoms with Crippen molar-refractivity contribution in [3.05, 3.63) is 18.0 Å². The molecule has 1 atom stereocenters. The predicted octanol–water partition coefficient (Wildman–Crippen LogP) is -0.386. The first kappa shape index (κ1) is 14.1. The van der Waals surface area contributed by atoms with Gasteiger partial charge in [0.15, 0.2) is 0 Å². The van der Waals surface area contributed by atoms with Gasteiger partial charge in [-0.3, -0.25) is 14.3 Å². The molecule has 2 aliphatic rings. The second kappa shape index (κ2) is 4.84. The number of nitrogens with two attached hydrogens (primary N) is 1. The van der Waals surface area contributed by atoms with Crippen molar-refractivity contribution >= 4 is 11.8 Å². The van der Waals surface area contributed by atoms with Crippen LogP contribution in [0.1, 0.15) is 37.3 Å². The van der Waals surface area contributed by atoms with Gasteiger partial charge in [-0.15, -0.1) is 0 Å². The maximum Gasteiger partial charge on any atom is 0.236 e. The Balaban J connectivity index is 1.77. The van der Waals surface area contributed by atoms with Gasteiger partial charge in [0, 0.05) is 18.8 Å². The summed E-state index contributed by atoms with van der Waals surface area (Å²) in [4.78, 5) is 23.8. The van der Waals surface area contributed by atoms with E-state index in [1.54, 1.807) is 10.9 Å². The highest BCUT2D eigenvalue weighted by Gasteiger charge is 2.56. The maximum atomic E-state index is 12.4. The molecule has 7 heteroatoms. The molecule has 2 amide bonds. The van der Waals surface area contributed by atoms with E-state index in [-0.39, 0.29) is 24.0 Å². The standard InChI is InChI=1S/C14H20N4O3/c1-18-7-9(6-16-18)11(8-4-10(19)5-8)17-13(21)14(2-3-14)12(15)20/h6-8,10-11,19H,2-5H2,1H3,(H2,15,20)(H,17,21)/t8?,10?,11-/m0/s1. The molecule has 1 aromatic heterocycles. The van der Waals surface area contributed by atoms with Gasteiger partial charge >= 0.3 is 0 Å². The quantitative estimate of drug-likeness (QED) is 0.642. The van der Waals surface area contributed by atoms with Crippen LogP contribution < -0.4 is 11.1 Å². The zero-order valence-corrected chi connectivity index (χ0v) is 12.0. The molecule has 0 saturated heterocycles. The molecular weight excluding hydrogens is 272 g/mol. The first-order chi connectivity index (χ1) is 9.92. The molecule has 0 bridgehead atoms. The van der Waals surface area contributed by atoms with Crippen LogP contribution in [0.15, 0.2) is 12.4 Å². The van der Waals surface area contributed by atoms with Gasteiger partial charge in [0.05, 0.1) is 18.3 Å². The van der Waals surface area contributed by atoms with Crippen LogP contribution >= 0.6 is 0 Å². The van der Waals surface area contributed by atoms with E-state index < -0.39 is 11.3 Å². The summed E-state index contributed by atoms with van der Waals surface area (Å²) >= 11 is 0. The molecule has 1 aromatic rings. The summed E-state index contributed by atoms with van der Waals surface area (Å²) in [5, 5.41) is 16.6. The molecule has 0 spiro atoms. The maximum absolute atomic E-state index is 12.4. The minimum Gasteiger partial charge on any atom is -0.393 e. The number of hydrogen-bond donors (Lipinski definition) is 3. The summed E-state index contributed by atoms with van der Waals surface area (Å²) in [6.07, 6.45) is 5.56. The number of nitrogens with one attached hydrogen (secondary N) is 1. The number of carbonyl (C=O) groups is 2. The molecular formula is C14H20N4O3. The lowest BCUT2D eigenvalue weighted by molar-refractivity contribution is -0.136. The number of rotatable bonds is 5. The van der Waals surface area contributed by atoms with E-state index in [9.17, 15) is 14.7 Å². The summed E-state index contributed by atoms with van der Waals surface area (Å²) in [7, 11) is 1.81. The summed E-state index contributed by atoms with van der Waals surface area (Å²) in [5.74, 6) is -0.694. The van der Waals surface area contributed by atoms with Crippen LogP contribution in [0.5, 0.6) is 0 Å². The average Bonchev–Trinajstić information content (AvgIpc) is 3.10. The number of nitrogens with zero attached hydrogens (tertiary/aromatic N) is 2. The second-order valence-electron chi connectivity index (χ2n) is 6.23. The van der Waals surface area contributed by atoms with Crippen molar-refractivity contribution in [2.45, 2.75) is 37.8 Å². The van der Waals surface area contributed by atoms with Crippen LogP contribution in [-0.2, 0) is 16.6 Å². The van der Waals surface area contributed by atoms with Crippen LogP contribution in [0, 0.1) is 11.3 Å². The van der Waals surface area contributed by atoms with E-state index in [0.717, 1.165) is 5.56 Å². The topological polar surface area (TPSA) is 110 Å².